The number of aromatic nitrogens is 2. The number of likely N-dealkylation sites (N-methyl/N-ethyl adjacent to an activating group) is 1. The summed E-state index contributed by atoms with van der Waals surface area (Å²) < 4.78 is 31.6. The maximum atomic E-state index is 13.2. The van der Waals surface area contributed by atoms with Crippen molar-refractivity contribution in [1.82, 2.24) is 19.4 Å². The van der Waals surface area contributed by atoms with E-state index in [2.05, 4.69) is 14.7 Å². The molecule has 1 aliphatic rings. The van der Waals surface area contributed by atoms with E-state index < -0.39 is 16.1 Å². The number of anilines is 1. The maximum Gasteiger partial charge on any atom is 0.326 e. The van der Waals surface area contributed by atoms with Crippen LogP contribution in [0, 0.1) is 0 Å². The fourth-order valence-electron chi connectivity index (χ4n) is 3.84. The number of benzene rings is 1. The average molecular weight is 454 g/mol. The Morgan fingerprint density at radius 1 is 1.30 bits per heavy atom. The highest BCUT2D eigenvalue weighted by Crippen LogP contribution is 2.25. The molecule has 10 heteroatoms. The molecule has 1 N–H and O–H groups in total. The fourth-order valence-corrected chi connectivity index (χ4v) is 5.51. The lowest BCUT2D eigenvalue weighted by molar-refractivity contribution is -0.118. The Morgan fingerprint density at radius 2 is 2.03 bits per heavy atom. The molecule has 0 spiro atoms. The molecule has 0 aliphatic carbocycles. The predicted molar refractivity (Wildman–Crippen MR) is 118 cm³/mol. The van der Waals surface area contributed by atoms with Gasteiger partial charge in [0, 0.05) is 24.8 Å². The highest BCUT2D eigenvalue weighted by molar-refractivity contribution is 7.91. The van der Waals surface area contributed by atoms with Crippen LogP contribution in [0.1, 0.15) is 30.9 Å². The van der Waals surface area contributed by atoms with Crippen molar-refractivity contribution in [3.8, 4) is 0 Å². The zero-order valence-electron chi connectivity index (χ0n) is 17.5. The summed E-state index contributed by atoms with van der Waals surface area (Å²) in [5, 5.41) is 4.64. The number of hydrogen-bond donors (Lipinski definition) is 1. The zero-order chi connectivity index (χ0) is 21.9. The SMILES string of the molecule is CCc1cc(Cl)cc(CC(=O)NS(=O)(=O)N(c2cnn(C)c2)C2CCCN(C)C2)c1. The summed E-state index contributed by atoms with van der Waals surface area (Å²) in [7, 11) is -0.421. The molecule has 164 valence electrons. The molecule has 3 rings (SSSR count). The molecule has 1 saturated heterocycles. The number of rotatable bonds is 7. The van der Waals surface area contributed by atoms with Gasteiger partial charge in [0.25, 0.3) is 0 Å². The Bertz CT molecular complexity index is 1010. The van der Waals surface area contributed by atoms with E-state index in [0.717, 1.165) is 24.9 Å². The molecule has 1 aliphatic heterocycles. The summed E-state index contributed by atoms with van der Waals surface area (Å²) in [4.78, 5) is 14.7. The first-order valence-corrected chi connectivity index (χ1v) is 11.8. The summed E-state index contributed by atoms with van der Waals surface area (Å²) in [5.41, 5.74) is 2.11. The molecule has 0 saturated carbocycles. The third-order valence-electron chi connectivity index (χ3n) is 5.17. The molecule has 30 heavy (non-hydrogen) atoms. The van der Waals surface area contributed by atoms with Gasteiger partial charge in [-0.3, -0.25) is 9.48 Å². The van der Waals surface area contributed by atoms with Gasteiger partial charge in [0.1, 0.15) is 0 Å². The Morgan fingerprint density at radius 3 is 2.67 bits per heavy atom. The first kappa shape index (κ1) is 22.6. The minimum Gasteiger partial charge on any atom is -0.304 e. The second-order valence-electron chi connectivity index (χ2n) is 7.75. The van der Waals surface area contributed by atoms with Gasteiger partial charge in [-0.05, 0) is 56.1 Å². The minimum atomic E-state index is -4.11. The van der Waals surface area contributed by atoms with E-state index in [4.69, 9.17) is 11.6 Å². The van der Waals surface area contributed by atoms with Crippen molar-refractivity contribution < 1.29 is 13.2 Å². The van der Waals surface area contributed by atoms with Crippen LogP contribution >= 0.6 is 11.6 Å². The lowest BCUT2D eigenvalue weighted by Gasteiger charge is -2.37. The molecular weight excluding hydrogens is 426 g/mol. The van der Waals surface area contributed by atoms with E-state index in [9.17, 15) is 13.2 Å². The third kappa shape index (κ3) is 5.53. The van der Waals surface area contributed by atoms with Gasteiger partial charge in [0.15, 0.2) is 0 Å². The summed E-state index contributed by atoms with van der Waals surface area (Å²) in [6, 6.07) is 5.11. The second-order valence-corrected chi connectivity index (χ2v) is 9.74. The van der Waals surface area contributed by atoms with Crippen molar-refractivity contribution in [1.29, 1.82) is 0 Å². The van der Waals surface area contributed by atoms with Crippen LogP contribution in [0.4, 0.5) is 5.69 Å². The average Bonchev–Trinajstić information content (AvgIpc) is 3.06. The summed E-state index contributed by atoms with van der Waals surface area (Å²) in [6.45, 7) is 3.49. The monoisotopic (exact) mass is 453 g/mol. The Kier molecular flexibility index (Phi) is 7.05. The first-order chi connectivity index (χ1) is 14.2. The van der Waals surface area contributed by atoms with Crippen LogP contribution in [0.3, 0.4) is 0 Å². The number of carbonyl (C=O) groups is 1. The normalized spacial score (nSPS) is 17.7. The van der Waals surface area contributed by atoms with Gasteiger partial charge in [0.2, 0.25) is 5.91 Å². The lowest BCUT2D eigenvalue weighted by atomic mass is 10.1. The van der Waals surface area contributed by atoms with E-state index in [1.165, 1.54) is 10.5 Å². The van der Waals surface area contributed by atoms with E-state index in [-0.39, 0.29) is 12.5 Å². The van der Waals surface area contributed by atoms with Crippen molar-refractivity contribution in [2.75, 3.05) is 24.4 Å². The summed E-state index contributed by atoms with van der Waals surface area (Å²) in [6.07, 6.45) is 5.44. The van der Waals surface area contributed by atoms with Gasteiger partial charge in [-0.15, -0.1) is 0 Å². The van der Waals surface area contributed by atoms with Crippen LogP contribution in [0.2, 0.25) is 5.02 Å². The highest BCUT2D eigenvalue weighted by atomic mass is 35.5. The molecule has 0 radical (unpaired) electrons. The zero-order valence-corrected chi connectivity index (χ0v) is 19.1. The number of carbonyl (C=O) groups excluding carboxylic acids is 1. The van der Waals surface area contributed by atoms with Gasteiger partial charge in [0.05, 0.1) is 24.3 Å². The van der Waals surface area contributed by atoms with Crippen LogP contribution in [-0.4, -0.2) is 55.2 Å². The third-order valence-corrected chi connectivity index (χ3v) is 6.90. The number of halogens is 1. The molecule has 1 aromatic heterocycles. The van der Waals surface area contributed by atoms with E-state index in [1.807, 2.05) is 26.1 Å². The number of hydrogen-bond acceptors (Lipinski definition) is 5. The molecule has 8 nitrogen and oxygen atoms in total. The molecule has 1 amide bonds. The molecule has 1 fully saturated rings. The molecule has 2 heterocycles. The van der Waals surface area contributed by atoms with E-state index in [0.29, 0.717) is 29.2 Å². The lowest BCUT2D eigenvalue weighted by Crippen LogP contribution is -2.54. The predicted octanol–water partition coefficient (Wildman–Crippen LogP) is 2.14. The van der Waals surface area contributed by atoms with E-state index in [1.54, 1.807) is 24.0 Å². The van der Waals surface area contributed by atoms with Crippen molar-refractivity contribution in [3.05, 3.63) is 46.7 Å². The van der Waals surface area contributed by atoms with Crippen molar-refractivity contribution in [2.45, 2.75) is 38.6 Å². The Labute approximate surface area is 183 Å². The van der Waals surface area contributed by atoms with Crippen molar-refractivity contribution in [2.24, 2.45) is 7.05 Å². The van der Waals surface area contributed by atoms with Crippen molar-refractivity contribution in [3.63, 3.8) is 0 Å². The standard InChI is InChI=1S/C20H28ClN5O3S/c1-4-15-8-16(10-17(21)9-15)11-20(27)23-30(28,29)26(19-12-22-25(3)14-19)18-6-5-7-24(2)13-18/h8-10,12,14,18H,4-7,11,13H2,1-3H3,(H,23,27). The van der Waals surface area contributed by atoms with Crippen LogP contribution in [0.25, 0.3) is 0 Å². The van der Waals surface area contributed by atoms with Crippen LogP contribution < -0.4 is 9.03 Å². The molecular formula is C20H28ClN5O3S. The fraction of sp³-hybridized carbons (Fsp3) is 0.500. The van der Waals surface area contributed by atoms with Gasteiger partial charge < -0.3 is 4.90 Å². The number of amides is 1. The van der Waals surface area contributed by atoms with Crippen LogP contribution in [0.5, 0.6) is 0 Å². The largest absolute Gasteiger partial charge is 0.326 e. The highest BCUT2D eigenvalue weighted by Gasteiger charge is 2.34. The smallest absolute Gasteiger partial charge is 0.304 e. The van der Waals surface area contributed by atoms with Gasteiger partial charge >= 0.3 is 10.2 Å². The van der Waals surface area contributed by atoms with Crippen LogP contribution in [-0.2, 0) is 34.9 Å². The van der Waals surface area contributed by atoms with Gasteiger partial charge in [-0.2, -0.15) is 13.5 Å². The van der Waals surface area contributed by atoms with E-state index >= 15 is 0 Å². The Balaban J connectivity index is 1.82. The second kappa shape index (κ2) is 9.36. The van der Waals surface area contributed by atoms with Crippen molar-refractivity contribution >= 4 is 33.4 Å². The summed E-state index contributed by atoms with van der Waals surface area (Å²) in [5.74, 6) is -0.600. The van der Waals surface area contributed by atoms with Crippen LogP contribution in [0.15, 0.2) is 30.6 Å². The molecule has 1 atom stereocenters. The summed E-state index contributed by atoms with van der Waals surface area (Å²) >= 11 is 6.12. The molecule has 1 aromatic carbocycles. The quantitative estimate of drug-likeness (QED) is 0.694. The molecule has 1 unspecified atom stereocenters. The topological polar surface area (TPSA) is 87.5 Å². The van der Waals surface area contributed by atoms with Gasteiger partial charge in [-0.25, -0.2) is 9.03 Å². The maximum absolute atomic E-state index is 13.2. The molecule has 2 aromatic rings. The Hall–Kier alpha value is -2.10. The number of piperidine rings is 1. The number of nitrogens with zero attached hydrogens (tertiary/aromatic N) is 4. The molecule has 0 bridgehead atoms. The first-order valence-electron chi connectivity index (χ1n) is 9.98. The number of likely N-dealkylation sites (tertiary alicyclic amines) is 1. The number of aryl methyl sites for hydroxylation is 2. The van der Waals surface area contributed by atoms with Gasteiger partial charge in [-0.1, -0.05) is 24.6 Å². The minimum absolute atomic E-state index is 0.0712. The number of nitrogens with one attached hydrogen (secondary N) is 1.